The van der Waals surface area contributed by atoms with Crippen LogP contribution in [0.1, 0.15) is 26.3 Å². The van der Waals surface area contributed by atoms with Crippen LogP contribution in [-0.4, -0.2) is 30.6 Å². The average molecular weight is 390 g/mol. The number of hydrogen-bond acceptors (Lipinski definition) is 4. The monoisotopic (exact) mass is 389 g/mol. The first kappa shape index (κ1) is 20.9. The van der Waals surface area contributed by atoms with Gasteiger partial charge < -0.3 is 14.9 Å². The van der Waals surface area contributed by atoms with E-state index >= 15 is 0 Å². The van der Waals surface area contributed by atoms with Crippen LogP contribution in [0.3, 0.4) is 0 Å². The van der Waals surface area contributed by atoms with Crippen molar-refractivity contribution in [2.24, 2.45) is 10.9 Å². The lowest BCUT2D eigenvalue weighted by atomic mass is 10.1. The zero-order valence-corrected chi connectivity index (χ0v) is 17.6. The van der Waals surface area contributed by atoms with E-state index in [0.29, 0.717) is 25.6 Å². The first-order chi connectivity index (χ1) is 14.1. The minimum absolute atomic E-state index is 0.408. The fraction of sp³-hybridized carbons (Fsp3) is 0.320. The predicted molar refractivity (Wildman–Crippen MR) is 124 cm³/mol. The van der Waals surface area contributed by atoms with Gasteiger partial charge in [-0.25, -0.2) is 0 Å². The number of allylic oxidation sites excluding steroid dienone is 3. The number of para-hydroxylation sites is 2. The Morgan fingerprint density at radius 3 is 2.59 bits per heavy atom. The van der Waals surface area contributed by atoms with Crippen LogP contribution in [0.25, 0.3) is 0 Å². The van der Waals surface area contributed by atoms with Crippen molar-refractivity contribution in [2.75, 3.05) is 22.9 Å². The highest BCUT2D eigenvalue weighted by atomic mass is 16.3. The van der Waals surface area contributed by atoms with Crippen LogP contribution in [0.5, 0.6) is 0 Å². The Hall–Kier alpha value is -2.85. The van der Waals surface area contributed by atoms with Gasteiger partial charge in [0.1, 0.15) is 0 Å². The molecule has 0 spiro atoms. The van der Waals surface area contributed by atoms with Gasteiger partial charge in [0.05, 0.1) is 32.1 Å². The number of nitrogens with zero attached hydrogens (tertiary/aromatic N) is 3. The first-order valence-corrected chi connectivity index (χ1v) is 10.3. The second-order valence-corrected chi connectivity index (χ2v) is 7.67. The van der Waals surface area contributed by atoms with Gasteiger partial charge in [-0.1, -0.05) is 62.4 Å². The predicted octanol–water partition coefficient (Wildman–Crippen LogP) is 5.02. The van der Waals surface area contributed by atoms with Gasteiger partial charge in [-0.3, -0.25) is 4.99 Å². The highest BCUT2D eigenvalue weighted by molar-refractivity contribution is 5.82. The molecule has 0 amide bonds. The maximum absolute atomic E-state index is 11.0. The Balaban J connectivity index is 1.82. The van der Waals surface area contributed by atoms with Gasteiger partial charge in [-0.15, -0.1) is 0 Å². The van der Waals surface area contributed by atoms with Crippen molar-refractivity contribution in [3.8, 4) is 0 Å². The van der Waals surface area contributed by atoms with E-state index in [0.717, 1.165) is 17.1 Å². The molecule has 4 heteroatoms. The van der Waals surface area contributed by atoms with E-state index in [-0.39, 0.29) is 0 Å². The third-order valence-electron chi connectivity index (χ3n) is 4.81. The number of anilines is 2. The Morgan fingerprint density at radius 2 is 1.86 bits per heavy atom. The molecule has 29 heavy (non-hydrogen) atoms. The Morgan fingerprint density at radius 1 is 1.14 bits per heavy atom. The number of benzene rings is 2. The van der Waals surface area contributed by atoms with Crippen molar-refractivity contribution in [2.45, 2.75) is 33.4 Å². The molecule has 0 bridgehead atoms. The molecule has 0 radical (unpaired) electrons. The number of hydrogen-bond donors (Lipinski definition) is 1. The molecule has 1 unspecified atom stereocenters. The number of fused-ring (bicyclic) bond motifs is 1. The third kappa shape index (κ3) is 5.58. The van der Waals surface area contributed by atoms with Gasteiger partial charge in [0, 0.05) is 17.1 Å². The summed E-state index contributed by atoms with van der Waals surface area (Å²) in [5, 5.41) is 11.0. The summed E-state index contributed by atoms with van der Waals surface area (Å²) in [5.74, 6) is 0.408. The SMILES string of the molecule is C/C=C\C(=C/C(C)C)N(CC(O)CN1C=NCc2ccccc21)c1ccccc1. The summed E-state index contributed by atoms with van der Waals surface area (Å²) in [6.45, 7) is 8.05. The molecule has 0 aliphatic carbocycles. The summed E-state index contributed by atoms with van der Waals surface area (Å²) in [7, 11) is 0. The number of aliphatic hydroxyl groups excluding tert-OH is 1. The quantitative estimate of drug-likeness (QED) is 0.645. The Labute approximate surface area is 174 Å². The van der Waals surface area contributed by atoms with Crippen molar-refractivity contribution in [3.05, 3.63) is 84.1 Å². The summed E-state index contributed by atoms with van der Waals surface area (Å²) in [4.78, 5) is 8.69. The normalized spacial score (nSPS) is 15.1. The largest absolute Gasteiger partial charge is 0.389 e. The molecule has 1 aliphatic rings. The zero-order chi connectivity index (χ0) is 20.6. The van der Waals surface area contributed by atoms with E-state index in [4.69, 9.17) is 0 Å². The van der Waals surface area contributed by atoms with Crippen molar-refractivity contribution in [3.63, 3.8) is 0 Å². The molecule has 2 aromatic carbocycles. The van der Waals surface area contributed by atoms with Gasteiger partial charge in [-0.05, 0) is 42.7 Å². The Kier molecular flexibility index (Phi) is 7.25. The number of aliphatic imine (C=N–C) groups is 1. The van der Waals surface area contributed by atoms with E-state index in [9.17, 15) is 5.11 Å². The standard InChI is InChI=1S/C25H31N3O/c1-4-10-23(15-20(2)3)28(22-12-6-5-7-13-22)18-24(29)17-27-19-26-16-21-11-8-9-14-25(21)27/h4-15,19-20,24,29H,16-18H2,1-3H3/b10-4-,23-15+. The molecule has 0 aromatic heterocycles. The summed E-state index contributed by atoms with van der Waals surface area (Å²) < 4.78 is 0. The molecule has 1 N–H and O–H groups in total. The molecule has 4 nitrogen and oxygen atoms in total. The number of β-amino-alcohol motifs (C(OH)–C–C–N with tert-alkyl or cyclic N) is 1. The van der Waals surface area contributed by atoms with E-state index in [2.05, 4.69) is 60.2 Å². The lowest BCUT2D eigenvalue weighted by Gasteiger charge is -2.32. The summed E-state index contributed by atoms with van der Waals surface area (Å²) in [6, 6.07) is 18.5. The fourth-order valence-electron chi connectivity index (χ4n) is 3.58. The van der Waals surface area contributed by atoms with Gasteiger partial charge >= 0.3 is 0 Å². The second kappa shape index (κ2) is 10.1. The molecule has 2 aromatic rings. The van der Waals surface area contributed by atoms with Crippen molar-refractivity contribution in [1.29, 1.82) is 0 Å². The third-order valence-corrected chi connectivity index (χ3v) is 4.81. The number of aliphatic hydroxyl groups is 1. The number of rotatable bonds is 8. The smallest absolute Gasteiger partial charge is 0.0899 e. The van der Waals surface area contributed by atoms with E-state index in [1.165, 1.54) is 5.56 Å². The molecule has 0 saturated heterocycles. The van der Waals surface area contributed by atoms with Gasteiger partial charge in [0.15, 0.2) is 0 Å². The second-order valence-electron chi connectivity index (χ2n) is 7.67. The van der Waals surface area contributed by atoms with Crippen LogP contribution in [-0.2, 0) is 6.54 Å². The molecule has 152 valence electrons. The fourth-order valence-corrected chi connectivity index (χ4v) is 3.58. The van der Waals surface area contributed by atoms with Crippen LogP contribution in [0, 0.1) is 5.92 Å². The topological polar surface area (TPSA) is 39.1 Å². The molecule has 0 saturated carbocycles. The maximum Gasteiger partial charge on any atom is 0.0899 e. The average Bonchev–Trinajstić information content (AvgIpc) is 2.72. The molecular weight excluding hydrogens is 358 g/mol. The summed E-state index contributed by atoms with van der Waals surface area (Å²) in [6.07, 6.45) is 7.68. The van der Waals surface area contributed by atoms with Gasteiger partial charge in [-0.2, -0.15) is 0 Å². The highest BCUT2D eigenvalue weighted by Crippen LogP contribution is 2.25. The van der Waals surface area contributed by atoms with Crippen molar-refractivity contribution in [1.82, 2.24) is 0 Å². The van der Waals surface area contributed by atoms with Crippen molar-refractivity contribution < 1.29 is 5.11 Å². The lowest BCUT2D eigenvalue weighted by Crippen LogP contribution is -2.40. The molecule has 1 atom stereocenters. The van der Waals surface area contributed by atoms with E-state index < -0.39 is 6.10 Å². The van der Waals surface area contributed by atoms with Gasteiger partial charge in [0.2, 0.25) is 0 Å². The minimum Gasteiger partial charge on any atom is -0.389 e. The lowest BCUT2D eigenvalue weighted by molar-refractivity contribution is 0.190. The molecular formula is C25H31N3O. The van der Waals surface area contributed by atoms with Crippen LogP contribution in [0.4, 0.5) is 11.4 Å². The zero-order valence-electron chi connectivity index (χ0n) is 17.6. The first-order valence-electron chi connectivity index (χ1n) is 10.3. The van der Waals surface area contributed by atoms with E-state index in [1.807, 2.05) is 54.6 Å². The van der Waals surface area contributed by atoms with E-state index in [1.54, 1.807) is 0 Å². The summed E-state index contributed by atoms with van der Waals surface area (Å²) >= 11 is 0. The summed E-state index contributed by atoms with van der Waals surface area (Å²) in [5.41, 5.74) is 4.49. The van der Waals surface area contributed by atoms with Crippen LogP contribution < -0.4 is 9.80 Å². The van der Waals surface area contributed by atoms with Crippen LogP contribution >= 0.6 is 0 Å². The molecule has 1 aliphatic heterocycles. The molecule has 3 rings (SSSR count). The Bertz CT molecular complexity index is 871. The minimum atomic E-state index is -0.548. The molecule has 0 fully saturated rings. The highest BCUT2D eigenvalue weighted by Gasteiger charge is 2.20. The van der Waals surface area contributed by atoms with Crippen LogP contribution in [0.2, 0.25) is 0 Å². The maximum atomic E-state index is 11.0. The van der Waals surface area contributed by atoms with Crippen LogP contribution in [0.15, 0.2) is 83.5 Å². The molecule has 1 heterocycles. The van der Waals surface area contributed by atoms with Crippen molar-refractivity contribution >= 4 is 17.7 Å². The van der Waals surface area contributed by atoms with Gasteiger partial charge in [0.25, 0.3) is 0 Å².